The van der Waals surface area contributed by atoms with Gasteiger partial charge in [0.2, 0.25) is 0 Å². The first-order valence-corrected chi connectivity index (χ1v) is 7.83. The van der Waals surface area contributed by atoms with Crippen LogP contribution in [0.5, 0.6) is 0 Å². The van der Waals surface area contributed by atoms with Crippen molar-refractivity contribution in [3.63, 3.8) is 0 Å². The molecule has 2 atom stereocenters. The standard InChI is InChI=1S/C14H27N3S/c1-4-13-9-17-14(18-13)10-16-8-11(2)6-5-7-12(3)15/h9,11-12,16H,4-8,10,15H2,1-3H3. The van der Waals surface area contributed by atoms with E-state index in [0.717, 1.165) is 25.9 Å². The zero-order chi connectivity index (χ0) is 13.4. The average molecular weight is 269 g/mol. The zero-order valence-corrected chi connectivity index (χ0v) is 12.7. The Bertz CT molecular complexity index is 323. The van der Waals surface area contributed by atoms with Gasteiger partial charge in [-0.1, -0.05) is 20.3 Å². The van der Waals surface area contributed by atoms with Crippen LogP contribution in [-0.2, 0) is 13.0 Å². The van der Waals surface area contributed by atoms with Crippen LogP contribution in [0.15, 0.2) is 6.20 Å². The number of nitrogens with one attached hydrogen (secondary N) is 1. The van der Waals surface area contributed by atoms with Gasteiger partial charge in [0.15, 0.2) is 0 Å². The third-order valence-electron chi connectivity index (χ3n) is 3.08. The van der Waals surface area contributed by atoms with E-state index in [9.17, 15) is 0 Å². The molecule has 4 heteroatoms. The minimum atomic E-state index is 0.341. The lowest BCUT2D eigenvalue weighted by atomic mass is 10.0. The maximum atomic E-state index is 5.75. The predicted octanol–water partition coefficient (Wildman–Crippen LogP) is 2.95. The van der Waals surface area contributed by atoms with Crippen LogP contribution in [0.3, 0.4) is 0 Å². The Balaban J connectivity index is 2.09. The van der Waals surface area contributed by atoms with Crippen molar-refractivity contribution in [3.05, 3.63) is 16.1 Å². The predicted molar refractivity (Wildman–Crippen MR) is 79.9 cm³/mol. The molecule has 3 N–H and O–H groups in total. The van der Waals surface area contributed by atoms with Gasteiger partial charge in [0.1, 0.15) is 5.01 Å². The summed E-state index contributed by atoms with van der Waals surface area (Å²) >= 11 is 1.82. The number of thiazole rings is 1. The third-order valence-corrected chi connectivity index (χ3v) is 4.22. The first-order valence-electron chi connectivity index (χ1n) is 7.01. The summed E-state index contributed by atoms with van der Waals surface area (Å²) in [6.45, 7) is 8.53. The molecule has 1 aromatic heterocycles. The summed E-state index contributed by atoms with van der Waals surface area (Å²) in [7, 11) is 0. The molecular weight excluding hydrogens is 242 g/mol. The third kappa shape index (κ3) is 6.47. The second-order valence-corrected chi connectivity index (χ2v) is 6.42. The summed E-state index contributed by atoms with van der Waals surface area (Å²) in [6.07, 6.45) is 6.71. The number of hydrogen-bond donors (Lipinski definition) is 2. The Morgan fingerprint density at radius 2 is 2.17 bits per heavy atom. The molecule has 0 fully saturated rings. The molecule has 0 aliphatic rings. The lowest BCUT2D eigenvalue weighted by molar-refractivity contribution is 0.448. The molecular formula is C14H27N3S. The molecule has 1 aromatic rings. The van der Waals surface area contributed by atoms with E-state index in [-0.39, 0.29) is 0 Å². The number of aryl methyl sites for hydroxylation is 1. The molecule has 1 heterocycles. The van der Waals surface area contributed by atoms with Crippen molar-refractivity contribution >= 4 is 11.3 Å². The highest BCUT2D eigenvalue weighted by Crippen LogP contribution is 2.13. The maximum Gasteiger partial charge on any atom is 0.107 e. The second kappa shape index (κ2) is 8.62. The Morgan fingerprint density at radius 1 is 1.39 bits per heavy atom. The molecule has 0 aliphatic carbocycles. The van der Waals surface area contributed by atoms with Crippen LogP contribution in [-0.4, -0.2) is 17.6 Å². The van der Waals surface area contributed by atoms with Crippen LogP contribution >= 0.6 is 11.3 Å². The highest BCUT2D eigenvalue weighted by atomic mass is 32.1. The van der Waals surface area contributed by atoms with Crippen molar-refractivity contribution in [1.82, 2.24) is 10.3 Å². The molecule has 18 heavy (non-hydrogen) atoms. The highest BCUT2D eigenvalue weighted by molar-refractivity contribution is 7.11. The van der Waals surface area contributed by atoms with Gasteiger partial charge in [-0.25, -0.2) is 4.98 Å². The van der Waals surface area contributed by atoms with Gasteiger partial charge in [0, 0.05) is 23.7 Å². The van der Waals surface area contributed by atoms with Gasteiger partial charge in [-0.15, -0.1) is 11.3 Å². The van der Waals surface area contributed by atoms with Gasteiger partial charge in [-0.05, 0) is 38.6 Å². The molecule has 0 saturated carbocycles. The van der Waals surface area contributed by atoms with Crippen molar-refractivity contribution in [2.45, 2.75) is 59.0 Å². The number of hydrogen-bond acceptors (Lipinski definition) is 4. The summed E-state index contributed by atoms with van der Waals surface area (Å²) in [6, 6.07) is 0.341. The molecule has 0 amide bonds. The molecule has 0 aromatic carbocycles. The minimum Gasteiger partial charge on any atom is -0.328 e. The molecule has 0 radical (unpaired) electrons. The average Bonchev–Trinajstić information content (AvgIpc) is 2.76. The van der Waals surface area contributed by atoms with Crippen molar-refractivity contribution in [3.8, 4) is 0 Å². The first kappa shape index (κ1) is 15.6. The number of nitrogens with two attached hydrogens (primary N) is 1. The fourth-order valence-electron chi connectivity index (χ4n) is 1.91. The fraction of sp³-hybridized carbons (Fsp3) is 0.786. The van der Waals surface area contributed by atoms with Gasteiger partial charge in [0.05, 0.1) is 0 Å². The largest absolute Gasteiger partial charge is 0.328 e. The van der Waals surface area contributed by atoms with Gasteiger partial charge < -0.3 is 11.1 Å². The smallest absolute Gasteiger partial charge is 0.107 e. The van der Waals surface area contributed by atoms with E-state index in [0.29, 0.717) is 12.0 Å². The number of nitrogens with zero attached hydrogens (tertiary/aromatic N) is 1. The van der Waals surface area contributed by atoms with Gasteiger partial charge in [-0.2, -0.15) is 0 Å². The number of rotatable bonds is 9. The minimum absolute atomic E-state index is 0.341. The van der Waals surface area contributed by atoms with Crippen LogP contribution in [0, 0.1) is 5.92 Å². The lowest BCUT2D eigenvalue weighted by Gasteiger charge is -2.12. The van der Waals surface area contributed by atoms with Crippen molar-refractivity contribution in [1.29, 1.82) is 0 Å². The first-order chi connectivity index (χ1) is 8.61. The Labute approximate surface area is 115 Å². The lowest BCUT2D eigenvalue weighted by Crippen LogP contribution is -2.21. The Kier molecular flexibility index (Phi) is 7.47. The molecule has 0 spiro atoms. The van der Waals surface area contributed by atoms with Crippen LogP contribution in [0.25, 0.3) is 0 Å². The SMILES string of the molecule is CCc1cnc(CNCC(C)CCCC(C)N)s1. The number of aromatic nitrogens is 1. The van der Waals surface area contributed by atoms with E-state index in [1.165, 1.54) is 22.7 Å². The molecule has 3 nitrogen and oxygen atoms in total. The molecule has 0 saturated heterocycles. The molecule has 104 valence electrons. The molecule has 1 rings (SSSR count). The zero-order valence-electron chi connectivity index (χ0n) is 11.9. The molecule has 0 bridgehead atoms. The van der Waals surface area contributed by atoms with E-state index in [1.54, 1.807) is 0 Å². The fourth-order valence-corrected chi connectivity index (χ4v) is 2.74. The van der Waals surface area contributed by atoms with Crippen molar-refractivity contribution < 1.29 is 0 Å². The Hall–Kier alpha value is -0.450. The maximum absolute atomic E-state index is 5.75. The van der Waals surface area contributed by atoms with Crippen LogP contribution in [0.4, 0.5) is 0 Å². The van der Waals surface area contributed by atoms with E-state index >= 15 is 0 Å². The van der Waals surface area contributed by atoms with Crippen molar-refractivity contribution in [2.75, 3.05) is 6.54 Å². The van der Waals surface area contributed by atoms with E-state index in [4.69, 9.17) is 5.73 Å². The van der Waals surface area contributed by atoms with Crippen LogP contribution in [0.2, 0.25) is 0 Å². The van der Waals surface area contributed by atoms with E-state index in [1.807, 2.05) is 17.5 Å². The Morgan fingerprint density at radius 3 is 2.78 bits per heavy atom. The molecule has 0 aliphatic heterocycles. The van der Waals surface area contributed by atoms with Gasteiger partial charge in [-0.3, -0.25) is 0 Å². The monoisotopic (exact) mass is 269 g/mol. The van der Waals surface area contributed by atoms with E-state index in [2.05, 4.69) is 31.1 Å². The van der Waals surface area contributed by atoms with Gasteiger partial charge >= 0.3 is 0 Å². The highest BCUT2D eigenvalue weighted by Gasteiger charge is 2.04. The van der Waals surface area contributed by atoms with Crippen LogP contribution < -0.4 is 11.1 Å². The topological polar surface area (TPSA) is 50.9 Å². The molecule has 2 unspecified atom stereocenters. The quantitative estimate of drug-likeness (QED) is 0.724. The van der Waals surface area contributed by atoms with Crippen molar-refractivity contribution in [2.24, 2.45) is 11.7 Å². The van der Waals surface area contributed by atoms with Crippen LogP contribution in [0.1, 0.15) is 49.9 Å². The summed E-state index contributed by atoms with van der Waals surface area (Å²) < 4.78 is 0. The summed E-state index contributed by atoms with van der Waals surface area (Å²) in [5.74, 6) is 0.717. The summed E-state index contributed by atoms with van der Waals surface area (Å²) in [5.41, 5.74) is 5.75. The summed E-state index contributed by atoms with van der Waals surface area (Å²) in [5, 5.41) is 4.70. The second-order valence-electron chi connectivity index (χ2n) is 5.22. The van der Waals surface area contributed by atoms with Gasteiger partial charge in [0.25, 0.3) is 0 Å². The van der Waals surface area contributed by atoms with E-state index < -0.39 is 0 Å². The normalized spacial score (nSPS) is 14.7. The summed E-state index contributed by atoms with van der Waals surface area (Å²) in [4.78, 5) is 5.78.